The van der Waals surface area contributed by atoms with Gasteiger partial charge in [-0.25, -0.2) is 0 Å². The molecule has 1 aliphatic heterocycles. The first kappa shape index (κ1) is 22.6. The molecule has 0 spiro atoms. The Balaban J connectivity index is 1.37. The maximum Gasteiger partial charge on any atom is 0.195 e. The standard InChI is InChI=1S/C30H32N2O2/c1-21-11-13-24(14-12-21)28(30(34)29(33)26-20-31-27-10-6-5-9-25(26)27)32-17-15-23(16-18-32)19-22-7-3-2-4-8-22/h2-14,20,23,28,30-31,34H,15-19H2,1H3. The molecule has 174 valence electrons. The van der Waals surface area contributed by atoms with Crippen molar-refractivity contribution in [3.63, 3.8) is 0 Å². The fourth-order valence-electron chi connectivity index (χ4n) is 5.32. The topological polar surface area (TPSA) is 56.3 Å². The van der Waals surface area contributed by atoms with E-state index in [0.29, 0.717) is 11.5 Å². The van der Waals surface area contributed by atoms with Crippen LogP contribution in [0.25, 0.3) is 10.9 Å². The molecule has 1 fully saturated rings. The molecule has 0 bridgehead atoms. The molecule has 1 saturated heterocycles. The monoisotopic (exact) mass is 452 g/mol. The molecular formula is C30H32N2O2. The summed E-state index contributed by atoms with van der Waals surface area (Å²) in [6.45, 7) is 3.80. The number of aromatic nitrogens is 1. The van der Waals surface area contributed by atoms with E-state index in [2.05, 4.69) is 71.4 Å². The van der Waals surface area contributed by atoms with E-state index in [1.54, 1.807) is 6.20 Å². The molecule has 0 amide bonds. The number of likely N-dealkylation sites (tertiary alicyclic amines) is 1. The van der Waals surface area contributed by atoms with Gasteiger partial charge < -0.3 is 10.1 Å². The first-order valence-electron chi connectivity index (χ1n) is 12.2. The number of H-pyrrole nitrogens is 1. The first-order chi connectivity index (χ1) is 16.6. The zero-order valence-corrected chi connectivity index (χ0v) is 19.7. The Labute approximate surface area is 201 Å². The number of aromatic amines is 1. The Bertz CT molecular complexity index is 1240. The number of carbonyl (C=O) groups excluding carboxylic acids is 1. The Morgan fingerprint density at radius 1 is 0.971 bits per heavy atom. The Kier molecular flexibility index (Phi) is 6.61. The number of hydrogen-bond donors (Lipinski definition) is 2. The van der Waals surface area contributed by atoms with Gasteiger partial charge in [-0.2, -0.15) is 0 Å². The van der Waals surface area contributed by atoms with Crippen molar-refractivity contribution in [2.75, 3.05) is 13.1 Å². The Morgan fingerprint density at radius 3 is 2.38 bits per heavy atom. The molecule has 2 atom stereocenters. The maximum atomic E-state index is 13.6. The number of fused-ring (bicyclic) bond motifs is 1. The molecule has 4 heteroatoms. The molecule has 2 heterocycles. The van der Waals surface area contributed by atoms with Crippen LogP contribution in [-0.2, 0) is 6.42 Å². The zero-order chi connectivity index (χ0) is 23.5. The van der Waals surface area contributed by atoms with Crippen LogP contribution in [0, 0.1) is 12.8 Å². The molecule has 0 radical (unpaired) electrons. The van der Waals surface area contributed by atoms with Gasteiger partial charge in [-0.15, -0.1) is 0 Å². The third-order valence-electron chi connectivity index (χ3n) is 7.25. The number of para-hydroxylation sites is 1. The number of rotatable bonds is 7. The van der Waals surface area contributed by atoms with Gasteiger partial charge in [0.1, 0.15) is 6.10 Å². The van der Waals surface area contributed by atoms with Crippen LogP contribution in [0.2, 0.25) is 0 Å². The number of aliphatic hydroxyl groups is 1. The fourth-order valence-corrected chi connectivity index (χ4v) is 5.32. The van der Waals surface area contributed by atoms with Gasteiger partial charge in [-0.1, -0.05) is 78.4 Å². The molecule has 0 aliphatic carbocycles. The quantitative estimate of drug-likeness (QED) is 0.353. The highest BCUT2D eigenvalue weighted by molar-refractivity contribution is 6.10. The summed E-state index contributed by atoms with van der Waals surface area (Å²) in [6, 6.07) is 26.3. The molecule has 1 aromatic heterocycles. The van der Waals surface area contributed by atoms with Gasteiger partial charge in [0.15, 0.2) is 5.78 Å². The van der Waals surface area contributed by atoms with Crippen molar-refractivity contribution in [2.45, 2.75) is 38.3 Å². The summed E-state index contributed by atoms with van der Waals surface area (Å²) in [7, 11) is 0. The smallest absolute Gasteiger partial charge is 0.195 e. The third kappa shape index (κ3) is 4.70. The highest BCUT2D eigenvalue weighted by atomic mass is 16.3. The summed E-state index contributed by atoms with van der Waals surface area (Å²) in [5.74, 6) is 0.396. The summed E-state index contributed by atoms with van der Waals surface area (Å²) in [4.78, 5) is 19.0. The Morgan fingerprint density at radius 2 is 1.65 bits per heavy atom. The number of carbonyl (C=O) groups is 1. The van der Waals surface area contributed by atoms with Crippen LogP contribution in [0.5, 0.6) is 0 Å². The molecule has 0 saturated carbocycles. The van der Waals surface area contributed by atoms with Crippen molar-refractivity contribution in [3.8, 4) is 0 Å². The molecule has 3 aromatic carbocycles. The van der Waals surface area contributed by atoms with Crippen LogP contribution in [0.1, 0.15) is 45.9 Å². The van der Waals surface area contributed by atoms with Crippen LogP contribution >= 0.6 is 0 Å². The summed E-state index contributed by atoms with van der Waals surface area (Å²) in [5, 5.41) is 12.3. The second-order valence-corrected chi connectivity index (χ2v) is 9.58. The molecule has 1 aliphatic rings. The minimum atomic E-state index is -1.13. The lowest BCUT2D eigenvalue weighted by atomic mass is 9.87. The zero-order valence-electron chi connectivity index (χ0n) is 19.7. The van der Waals surface area contributed by atoms with Crippen LogP contribution in [-0.4, -0.2) is 40.0 Å². The van der Waals surface area contributed by atoms with E-state index in [1.807, 2.05) is 24.3 Å². The van der Waals surface area contributed by atoms with Crippen molar-refractivity contribution in [2.24, 2.45) is 5.92 Å². The second kappa shape index (κ2) is 9.96. The average molecular weight is 453 g/mol. The van der Waals surface area contributed by atoms with Gasteiger partial charge in [0, 0.05) is 22.7 Å². The fraction of sp³-hybridized carbons (Fsp3) is 0.300. The number of piperidine rings is 1. The summed E-state index contributed by atoms with van der Waals surface area (Å²) < 4.78 is 0. The number of ketones is 1. The van der Waals surface area contributed by atoms with E-state index < -0.39 is 6.10 Å². The lowest BCUT2D eigenvalue weighted by Crippen LogP contribution is -2.44. The lowest BCUT2D eigenvalue weighted by Gasteiger charge is -2.39. The van der Waals surface area contributed by atoms with Gasteiger partial charge in [-0.05, 0) is 62.4 Å². The van der Waals surface area contributed by atoms with Crippen molar-refractivity contribution < 1.29 is 9.90 Å². The van der Waals surface area contributed by atoms with E-state index in [9.17, 15) is 9.90 Å². The molecule has 34 heavy (non-hydrogen) atoms. The number of nitrogens with zero attached hydrogens (tertiary/aromatic N) is 1. The minimum Gasteiger partial charge on any atom is -0.383 e. The molecule has 2 unspecified atom stereocenters. The second-order valence-electron chi connectivity index (χ2n) is 9.58. The predicted molar refractivity (Wildman–Crippen MR) is 137 cm³/mol. The number of hydrogen-bond acceptors (Lipinski definition) is 3. The van der Waals surface area contributed by atoms with Gasteiger partial charge in [0.2, 0.25) is 0 Å². The number of aryl methyl sites for hydroxylation is 1. The SMILES string of the molecule is Cc1ccc(C(C(O)C(=O)c2c[nH]c3ccccc23)N2CCC(Cc3ccccc3)CC2)cc1. The number of benzene rings is 3. The Hall–Kier alpha value is -3.21. The van der Waals surface area contributed by atoms with Crippen LogP contribution in [0.4, 0.5) is 0 Å². The molecule has 5 rings (SSSR count). The highest BCUT2D eigenvalue weighted by Crippen LogP contribution is 2.33. The van der Waals surface area contributed by atoms with Crippen molar-refractivity contribution in [3.05, 3.63) is 107 Å². The van der Waals surface area contributed by atoms with E-state index >= 15 is 0 Å². The van der Waals surface area contributed by atoms with Gasteiger partial charge in [0.05, 0.1) is 6.04 Å². The third-order valence-corrected chi connectivity index (χ3v) is 7.25. The van der Waals surface area contributed by atoms with Crippen molar-refractivity contribution in [1.82, 2.24) is 9.88 Å². The minimum absolute atomic E-state index is 0.227. The summed E-state index contributed by atoms with van der Waals surface area (Å²) >= 11 is 0. The number of aliphatic hydroxyl groups excluding tert-OH is 1. The summed E-state index contributed by atoms with van der Waals surface area (Å²) in [6.07, 6.45) is 3.80. The van der Waals surface area contributed by atoms with E-state index in [0.717, 1.165) is 48.8 Å². The first-order valence-corrected chi connectivity index (χ1v) is 12.2. The van der Waals surface area contributed by atoms with E-state index in [1.165, 1.54) is 11.1 Å². The van der Waals surface area contributed by atoms with Crippen molar-refractivity contribution >= 4 is 16.7 Å². The van der Waals surface area contributed by atoms with Crippen LogP contribution in [0.15, 0.2) is 85.1 Å². The molecule has 4 nitrogen and oxygen atoms in total. The van der Waals surface area contributed by atoms with Gasteiger partial charge in [-0.3, -0.25) is 9.69 Å². The molecule has 2 N–H and O–H groups in total. The number of nitrogens with one attached hydrogen (secondary N) is 1. The lowest BCUT2D eigenvalue weighted by molar-refractivity contribution is 0.0265. The largest absolute Gasteiger partial charge is 0.383 e. The number of Topliss-reactive ketones (excluding diaryl/α,β-unsaturated/α-hetero) is 1. The van der Waals surface area contributed by atoms with Crippen molar-refractivity contribution in [1.29, 1.82) is 0 Å². The molecule has 4 aromatic rings. The maximum absolute atomic E-state index is 13.6. The predicted octanol–water partition coefficient (Wildman–Crippen LogP) is 5.72. The van der Waals surface area contributed by atoms with E-state index in [4.69, 9.17) is 0 Å². The van der Waals surface area contributed by atoms with E-state index in [-0.39, 0.29) is 11.8 Å². The molecular weight excluding hydrogens is 420 g/mol. The van der Waals surface area contributed by atoms with Gasteiger partial charge in [0.25, 0.3) is 0 Å². The summed E-state index contributed by atoms with van der Waals surface area (Å²) in [5.41, 5.74) is 5.01. The highest BCUT2D eigenvalue weighted by Gasteiger charge is 2.36. The van der Waals surface area contributed by atoms with Crippen LogP contribution in [0.3, 0.4) is 0 Å². The average Bonchev–Trinajstić information content (AvgIpc) is 3.31. The normalized spacial score (nSPS) is 17.0. The van der Waals surface area contributed by atoms with Crippen LogP contribution < -0.4 is 0 Å². The van der Waals surface area contributed by atoms with Gasteiger partial charge >= 0.3 is 0 Å².